The van der Waals surface area contributed by atoms with E-state index in [0.29, 0.717) is 11.0 Å². The third-order valence-electron chi connectivity index (χ3n) is 3.20. The summed E-state index contributed by atoms with van der Waals surface area (Å²) in [6.45, 7) is 4.71. The molecule has 132 valence electrons. The maximum Gasteiger partial charge on any atom is 0.436 e. The van der Waals surface area contributed by atoms with E-state index in [1.54, 1.807) is 45.0 Å². The molecule has 3 rings (SSSR count). The van der Waals surface area contributed by atoms with Gasteiger partial charge in [0.15, 0.2) is 5.69 Å². The number of esters is 1. The van der Waals surface area contributed by atoms with E-state index in [2.05, 4.69) is 15.1 Å². The number of nitrogens with zero attached hydrogens (tertiary/aromatic N) is 3. The van der Waals surface area contributed by atoms with Gasteiger partial charge in [-0.05, 0) is 32.9 Å². The Morgan fingerprint density at radius 3 is 2.48 bits per heavy atom. The Hall–Kier alpha value is -2.84. The lowest BCUT2D eigenvalue weighted by atomic mass is 10.2. The van der Waals surface area contributed by atoms with Crippen molar-refractivity contribution in [3.8, 4) is 5.95 Å². The molecule has 6 nitrogen and oxygen atoms in total. The molecule has 0 spiro atoms. The van der Waals surface area contributed by atoms with Crippen molar-refractivity contribution in [3.05, 3.63) is 41.7 Å². The Kier molecular flexibility index (Phi) is 3.81. The van der Waals surface area contributed by atoms with Crippen LogP contribution >= 0.6 is 0 Å². The number of carbonyl (C=O) groups excluding carboxylic acids is 1. The van der Waals surface area contributed by atoms with Gasteiger partial charge in [-0.1, -0.05) is 12.1 Å². The summed E-state index contributed by atoms with van der Waals surface area (Å²) in [5, 5.41) is 3.50. The normalized spacial score (nSPS) is 12.6. The Morgan fingerprint density at radius 2 is 1.88 bits per heavy atom. The second-order valence-electron chi connectivity index (χ2n) is 6.41. The molecule has 0 radical (unpaired) electrons. The molecule has 0 unspecified atom stereocenters. The number of imidazole rings is 1. The van der Waals surface area contributed by atoms with Gasteiger partial charge in [-0.25, -0.2) is 14.5 Å². The number of nitrogens with one attached hydrogen (secondary N) is 1. The molecule has 25 heavy (non-hydrogen) atoms. The molecule has 0 bridgehead atoms. The van der Waals surface area contributed by atoms with Crippen LogP contribution in [0.2, 0.25) is 0 Å². The van der Waals surface area contributed by atoms with E-state index in [4.69, 9.17) is 4.74 Å². The molecule has 0 aliphatic carbocycles. The highest BCUT2D eigenvalue weighted by Gasteiger charge is 2.40. The highest BCUT2D eigenvalue weighted by Crippen LogP contribution is 2.32. The van der Waals surface area contributed by atoms with Crippen molar-refractivity contribution in [2.75, 3.05) is 0 Å². The molecular formula is C16H15F3N4O2. The van der Waals surface area contributed by atoms with Gasteiger partial charge in [-0.2, -0.15) is 18.3 Å². The van der Waals surface area contributed by atoms with Gasteiger partial charge in [0.1, 0.15) is 11.2 Å². The summed E-state index contributed by atoms with van der Waals surface area (Å²) < 4.78 is 45.7. The fourth-order valence-electron chi connectivity index (χ4n) is 2.22. The largest absolute Gasteiger partial charge is 0.456 e. The predicted octanol–water partition coefficient (Wildman–Crippen LogP) is 3.72. The van der Waals surface area contributed by atoms with Gasteiger partial charge in [0.2, 0.25) is 5.95 Å². The van der Waals surface area contributed by atoms with E-state index in [-0.39, 0.29) is 5.95 Å². The van der Waals surface area contributed by atoms with Gasteiger partial charge < -0.3 is 9.72 Å². The molecule has 0 aliphatic rings. The topological polar surface area (TPSA) is 72.8 Å². The number of benzene rings is 1. The molecular weight excluding hydrogens is 337 g/mol. The van der Waals surface area contributed by atoms with Crippen LogP contribution in [0.5, 0.6) is 0 Å². The maximum absolute atomic E-state index is 13.3. The minimum absolute atomic E-state index is 0.0708. The van der Waals surface area contributed by atoms with Crippen molar-refractivity contribution in [2.45, 2.75) is 32.5 Å². The summed E-state index contributed by atoms with van der Waals surface area (Å²) in [5.74, 6) is -1.02. The molecule has 0 amide bonds. The summed E-state index contributed by atoms with van der Waals surface area (Å²) in [7, 11) is 0. The molecule has 1 aromatic carbocycles. The zero-order chi connectivity index (χ0) is 18.4. The minimum atomic E-state index is -4.80. The van der Waals surface area contributed by atoms with Crippen molar-refractivity contribution >= 4 is 17.0 Å². The quantitative estimate of drug-likeness (QED) is 0.714. The fraction of sp³-hybridized carbons (Fsp3) is 0.312. The van der Waals surface area contributed by atoms with Crippen LogP contribution in [-0.4, -0.2) is 31.3 Å². The third-order valence-corrected chi connectivity index (χ3v) is 3.20. The van der Waals surface area contributed by atoms with Crippen molar-refractivity contribution in [1.82, 2.24) is 19.7 Å². The summed E-state index contributed by atoms with van der Waals surface area (Å²) >= 11 is 0. The van der Waals surface area contributed by atoms with E-state index < -0.39 is 29.0 Å². The van der Waals surface area contributed by atoms with E-state index in [0.717, 1.165) is 10.9 Å². The number of fused-ring (bicyclic) bond motifs is 1. The average molecular weight is 352 g/mol. The van der Waals surface area contributed by atoms with Crippen LogP contribution in [0.4, 0.5) is 13.2 Å². The summed E-state index contributed by atoms with van der Waals surface area (Å²) in [4.78, 5) is 19.2. The first-order valence-corrected chi connectivity index (χ1v) is 7.40. The SMILES string of the molecule is CC(C)(C)OC(=O)c1cn(-c2nc3ccccc3[nH]2)nc1C(F)(F)F. The maximum atomic E-state index is 13.3. The molecule has 0 aliphatic heterocycles. The molecule has 0 fully saturated rings. The lowest BCUT2D eigenvalue weighted by molar-refractivity contribution is -0.142. The fourth-order valence-corrected chi connectivity index (χ4v) is 2.22. The van der Waals surface area contributed by atoms with Crippen LogP contribution in [0, 0.1) is 0 Å². The van der Waals surface area contributed by atoms with Gasteiger partial charge in [0, 0.05) is 6.20 Å². The summed E-state index contributed by atoms with van der Waals surface area (Å²) in [5.41, 5.74) is -1.70. The van der Waals surface area contributed by atoms with Gasteiger partial charge in [-0.15, -0.1) is 0 Å². The Balaban J connectivity index is 2.08. The zero-order valence-electron chi connectivity index (χ0n) is 13.7. The van der Waals surface area contributed by atoms with Gasteiger partial charge >= 0.3 is 12.1 Å². The molecule has 1 N–H and O–H groups in total. The average Bonchev–Trinajstić information content (AvgIpc) is 3.09. The number of hydrogen-bond acceptors (Lipinski definition) is 4. The second-order valence-corrected chi connectivity index (χ2v) is 6.41. The first-order valence-electron chi connectivity index (χ1n) is 7.40. The number of alkyl halides is 3. The molecule has 0 saturated heterocycles. The second kappa shape index (κ2) is 5.61. The molecule has 0 atom stereocenters. The predicted molar refractivity (Wildman–Crippen MR) is 83.4 cm³/mol. The van der Waals surface area contributed by atoms with Crippen molar-refractivity contribution < 1.29 is 22.7 Å². The van der Waals surface area contributed by atoms with Crippen LogP contribution < -0.4 is 0 Å². The minimum Gasteiger partial charge on any atom is -0.456 e. The van der Waals surface area contributed by atoms with Crippen molar-refractivity contribution in [1.29, 1.82) is 0 Å². The number of aromatic nitrogens is 4. The van der Waals surface area contributed by atoms with Crippen LogP contribution in [0.3, 0.4) is 0 Å². The first kappa shape index (κ1) is 17.0. The van der Waals surface area contributed by atoms with Crippen LogP contribution in [-0.2, 0) is 10.9 Å². The van der Waals surface area contributed by atoms with Crippen molar-refractivity contribution in [2.24, 2.45) is 0 Å². The van der Waals surface area contributed by atoms with E-state index in [1.165, 1.54) is 0 Å². The molecule has 3 aromatic rings. The summed E-state index contributed by atoms with van der Waals surface area (Å²) in [6.07, 6.45) is -3.84. The van der Waals surface area contributed by atoms with Crippen molar-refractivity contribution in [3.63, 3.8) is 0 Å². The van der Waals surface area contributed by atoms with E-state index >= 15 is 0 Å². The number of H-pyrrole nitrogens is 1. The Bertz CT molecular complexity index is 902. The standard InChI is InChI=1S/C16H15F3N4O2/c1-15(2,3)25-13(24)9-8-23(22-12(9)16(17,18)19)14-20-10-6-4-5-7-11(10)21-14/h4-8H,1-3H3,(H,20,21). The lowest BCUT2D eigenvalue weighted by Gasteiger charge is -2.19. The Labute approximate surface area is 140 Å². The number of rotatable bonds is 2. The van der Waals surface area contributed by atoms with Gasteiger partial charge in [0.05, 0.1) is 11.0 Å². The first-order chi connectivity index (χ1) is 11.5. The number of halogens is 3. The van der Waals surface area contributed by atoms with Gasteiger partial charge in [0.25, 0.3) is 0 Å². The monoisotopic (exact) mass is 352 g/mol. The number of aromatic amines is 1. The van der Waals surface area contributed by atoms with E-state index in [9.17, 15) is 18.0 Å². The molecule has 2 heterocycles. The van der Waals surface area contributed by atoms with E-state index in [1.807, 2.05) is 0 Å². The highest BCUT2D eigenvalue weighted by molar-refractivity contribution is 5.91. The smallest absolute Gasteiger partial charge is 0.436 e. The lowest BCUT2D eigenvalue weighted by Crippen LogP contribution is -2.25. The van der Waals surface area contributed by atoms with Crippen LogP contribution in [0.15, 0.2) is 30.5 Å². The number of carbonyl (C=O) groups is 1. The third kappa shape index (κ3) is 3.49. The highest BCUT2D eigenvalue weighted by atomic mass is 19.4. The number of ether oxygens (including phenoxy) is 1. The summed E-state index contributed by atoms with van der Waals surface area (Å²) in [6, 6.07) is 6.96. The Morgan fingerprint density at radius 1 is 1.20 bits per heavy atom. The number of hydrogen-bond donors (Lipinski definition) is 1. The van der Waals surface area contributed by atoms with Crippen LogP contribution in [0.1, 0.15) is 36.8 Å². The zero-order valence-corrected chi connectivity index (χ0v) is 13.7. The molecule has 2 aromatic heterocycles. The van der Waals surface area contributed by atoms with Crippen LogP contribution in [0.25, 0.3) is 17.0 Å². The number of para-hydroxylation sites is 2. The molecule has 9 heteroatoms. The van der Waals surface area contributed by atoms with Gasteiger partial charge in [-0.3, -0.25) is 0 Å². The molecule has 0 saturated carbocycles.